The molecule has 0 radical (unpaired) electrons. The van der Waals surface area contributed by atoms with Crippen LogP contribution in [0.2, 0.25) is 0 Å². The number of nitrogens with zero attached hydrogens (tertiary/aromatic N) is 5. The Morgan fingerprint density at radius 2 is 1.83 bits per heavy atom. The van der Waals surface area contributed by atoms with Crippen LogP contribution in [-0.2, 0) is 17.6 Å². The number of hydrogen-bond acceptors (Lipinski definition) is 6. The monoisotopic (exact) mass is 549 g/mol. The highest BCUT2D eigenvalue weighted by Crippen LogP contribution is 2.43. The molecule has 2 atom stereocenters. The minimum absolute atomic E-state index is 0.258. The van der Waals surface area contributed by atoms with Crippen molar-refractivity contribution in [1.29, 1.82) is 0 Å². The van der Waals surface area contributed by atoms with Crippen LogP contribution in [0, 0.1) is 0 Å². The van der Waals surface area contributed by atoms with Gasteiger partial charge in [0.05, 0.1) is 5.52 Å². The van der Waals surface area contributed by atoms with Gasteiger partial charge in [-0.3, -0.25) is 9.69 Å². The number of amides is 1. The average Bonchev–Trinajstić information content (AvgIpc) is 3.65. The van der Waals surface area contributed by atoms with E-state index in [-0.39, 0.29) is 12.1 Å². The molecule has 8 rings (SSSR count). The first kappa shape index (κ1) is 25.3. The second-order valence-electron chi connectivity index (χ2n) is 13.0. The number of carbonyl (C=O) groups excluding carboxylic acids is 1. The van der Waals surface area contributed by atoms with E-state index in [0.29, 0.717) is 11.3 Å². The molecular formula is C34H39N5O2. The summed E-state index contributed by atoms with van der Waals surface area (Å²) in [5, 5.41) is 11.6. The Morgan fingerprint density at radius 3 is 2.61 bits per heavy atom. The standard InChI is InChI=1S/C34H39N5O2/c40-22-39-25-8-9-26(39)21-37(20-25)33-29-10-7-24(30-19-27(41)17-23-5-1-2-6-28(23)30)18-31(29)35-32(36-33)11-14-34-12-3-15-38(34)16-4-13-34/h2,6-7,10,17-19,22,25-26,41H,1,3-5,8-9,11-16,20-21H2. The zero-order chi connectivity index (χ0) is 27.6. The molecule has 4 aliphatic heterocycles. The van der Waals surface area contributed by atoms with E-state index in [4.69, 9.17) is 9.97 Å². The van der Waals surface area contributed by atoms with Gasteiger partial charge in [0, 0.05) is 42.5 Å². The second kappa shape index (κ2) is 9.83. The zero-order valence-corrected chi connectivity index (χ0v) is 23.8. The molecule has 7 heteroatoms. The molecule has 3 aromatic rings. The largest absolute Gasteiger partial charge is 0.508 e. The molecule has 1 aromatic heterocycles. The highest BCUT2D eigenvalue weighted by molar-refractivity contribution is 5.94. The van der Waals surface area contributed by atoms with Crippen LogP contribution in [0.15, 0.2) is 36.4 Å². The molecule has 1 aliphatic carbocycles. The molecule has 2 aromatic carbocycles. The van der Waals surface area contributed by atoms with Crippen LogP contribution in [0.4, 0.5) is 5.82 Å². The highest BCUT2D eigenvalue weighted by atomic mass is 16.3. The van der Waals surface area contributed by atoms with Gasteiger partial charge < -0.3 is 14.9 Å². The first-order valence-corrected chi connectivity index (χ1v) is 15.7. The van der Waals surface area contributed by atoms with Gasteiger partial charge in [-0.25, -0.2) is 9.97 Å². The van der Waals surface area contributed by atoms with E-state index in [0.717, 1.165) is 91.7 Å². The van der Waals surface area contributed by atoms with E-state index in [1.807, 2.05) is 17.0 Å². The Bertz CT molecular complexity index is 1530. The van der Waals surface area contributed by atoms with Crippen LogP contribution in [0.5, 0.6) is 5.75 Å². The van der Waals surface area contributed by atoms with Gasteiger partial charge in [-0.1, -0.05) is 18.2 Å². The van der Waals surface area contributed by atoms with Crippen molar-refractivity contribution in [3.8, 4) is 16.9 Å². The second-order valence-corrected chi connectivity index (χ2v) is 13.0. The van der Waals surface area contributed by atoms with Crippen molar-refractivity contribution < 1.29 is 9.90 Å². The van der Waals surface area contributed by atoms with E-state index >= 15 is 0 Å². The summed E-state index contributed by atoms with van der Waals surface area (Å²) >= 11 is 0. The molecule has 5 heterocycles. The molecule has 2 bridgehead atoms. The van der Waals surface area contributed by atoms with Gasteiger partial charge in [-0.2, -0.15) is 0 Å². The van der Waals surface area contributed by atoms with Gasteiger partial charge in [0.2, 0.25) is 6.41 Å². The number of allylic oxidation sites excluding steroid dienone is 1. The molecule has 5 aliphatic rings. The summed E-state index contributed by atoms with van der Waals surface area (Å²) in [6.45, 7) is 4.12. The molecule has 1 amide bonds. The van der Waals surface area contributed by atoms with Crippen LogP contribution in [0.25, 0.3) is 28.1 Å². The third-order valence-electron chi connectivity index (χ3n) is 10.7. The number of benzene rings is 2. The number of phenols is 1. The average molecular weight is 550 g/mol. The number of rotatable bonds is 6. The number of phenolic OH excluding ortho intramolecular Hbond substituents is 1. The third-order valence-corrected chi connectivity index (χ3v) is 10.7. The molecule has 2 unspecified atom stereocenters. The van der Waals surface area contributed by atoms with E-state index in [1.54, 1.807) is 0 Å². The Labute approximate surface area is 241 Å². The van der Waals surface area contributed by atoms with Crippen molar-refractivity contribution in [2.45, 2.75) is 81.8 Å². The molecule has 0 saturated carbocycles. The Balaban J connectivity index is 1.20. The summed E-state index contributed by atoms with van der Waals surface area (Å²) in [7, 11) is 0. The van der Waals surface area contributed by atoms with Gasteiger partial charge in [0.25, 0.3) is 0 Å². The molecular weight excluding hydrogens is 510 g/mol. The van der Waals surface area contributed by atoms with Crippen LogP contribution < -0.4 is 4.90 Å². The summed E-state index contributed by atoms with van der Waals surface area (Å²) in [4.78, 5) is 29.4. The van der Waals surface area contributed by atoms with E-state index in [1.165, 1.54) is 49.9 Å². The van der Waals surface area contributed by atoms with Gasteiger partial charge in [-0.05, 0) is 117 Å². The molecule has 4 saturated heterocycles. The van der Waals surface area contributed by atoms with Gasteiger partial charge in [0.15, 0.2) is 0 Å². The molecule has 1 N–H and O–H groups in total. The van der Waals surface area contributed by atoms with Gasteiger partial charge >= 0.3 is 0 Å². The van der Waals surface area contributed by atoms with Crippen molar-refractivity contribution in [3.05, 3.63) is 53.4 Å². The first-order chi connectivity index (χ1) is 20.1. The number of aromatic nitrogens is 2. The summed E-state index contributed by atoms with van der Waals surface area (Å²) in [6, 6.07) is 10.9. The third kappa shape index (κ3) is 4.23. The summed E-state index contributed by atoms with van der Waals surface area (Å²) in [5.74, 6) is 2.27. The minimum Gasteiger partial charge on any atom is -0.508 e. The Hall–Kier alpha value is -3.45. The molecule has 212 valence electrons. The zero-order valence-electron chi connectivity index (χ0n) is 23.8. The van der Waals surface area contributed by atoms with E-state index in [2.05, 4.69) is 40.2 Å². The summed E-state index contributed by atoms with van der Waals surface area (Å²) < 4.78 is 0. The number of aryl methyl sites for hydroxylation is 2. The lowest BCUT2D eigenvalue weighted by molar-refractivity contribution is -0.121. The smallest absolute Gasteiger partial charge is 0.210 e. The summed E-state index contributed by atoms with van der Waals surface area (Å²) in [5.41, 5.74) is 5.84. The predicted molar refractivity (Wildman–Crippen MR) is 162 cm³/mol. The van der Waals surface area contributed by atoms with Crippen molar-refractivity contribution in [2.24, 2.45) is 0 Å². The topological polar surface area (TPSA) is 72.8 Å². The summed E-state index contributed by atoms with van der Waals surface area (Å²) in [6.07, 6.45) is 16.8. The van der Waals surface area contributed by atoms with Gasteiger partial charge in [0.1, 0.15) is 17.4 Å². The SMILES string of the molecule is O=CN1C2CCC1CN(c1nc(CCC34CCCN3CCC4)nc3cc(-c4cc(O)cc5c4C=CCC5)ccc13)C2. The van der Waals surface area contributed by atoms with Crippen molar-refractivity contribution >= 4 is 29.2 Å². The lowest BCUT2D eigenvalue weighted by Gasteiger charge is -2.40. The molecule has 4 fully saturated rings. The predicted octanol–water partition coefficient (Wildman–Crippen LogP) is 5.33. The van der Waals surface area contributed by atoms with Crippen LogP contribution in [-0.4, -0.2) is 75.1 Å². The molecule has 0 spiro atoms. The number of carbonyl (C=O) groups is 1. The first-order valence-electron chi connectivity index (χ1n) is 15.7. The van der Waals surface area contributed by atoms with Crippen LogP contribution >= 0.6 is 0 Å². The maximum atomic E-state index is 11.8. The maximum Gasteiger partial charge on any atom is 0.210 e. The number of fused-ring (bicyclic) bond motifs is 5. The van der Waals surface area contributed by atoms with Crippen molar-refractivity contribution in [1.82, 2.24) is 19.8 Å². The number of hydrogen-bond donors (Lipinski definition) is 1. The molecule has 7 nitrogen and oxygen atoms in total. The maximum absolute atomic E-state index is 11.8. The lowest BCUT2D eigenvalue weighted by Crippen LogP contribution is -2.53. The fourth-order valence-electron chi connectivity index (χ4n) is 8.72. The number of anilines is 1. The van der Waals surface area contributed by atoms with Crippen molar-refractivity contribution in [3.63, 3.8) is 0 Å². The minimum atomic E-state index is 0.258. The number of aromatic hydroxyl groups is 1. The fourth-order valence-corrected chi connectivity index (χ4v) is 8.72. The normalized spacial score (nSPS) is 24.7. The van der Waals surface area contributed by atoms with Crippen LogP contribution in [0.3, 0.4) is 0 Å². The quantitative estimate of drug-likeness (QED) is 0.419. The van der Waals surface area contributed by atoms with E-state index < -0.39 is 0 Å². The van der Waals surface area contributed by atoms with Crippen molar-refractivity contribution in [2.75, 3.05) is 31.1 Å². The Morgan fingerprint density at radius 1 is 1.02 bits per heavy atom. The lowest BCUT2D eigenvalue weighted by atomic mass is 9.88. The highest BCUT2D eigenvalue weighted by Gasteiger charge is 2.44. The van der Waals surface area contributed by atoms with Gasteiger partial charge in [-0.15, -0.1) is 0 Å². The molecule has 41 heavy (non-hydrogen) atoms. The Kier molecular flexibility index (Phi) is 6.06. The van der Waals surface area contributed by atoms with Crippen LogP contribution in [0.1, 0.15) is 68.3 Å². The fraction of sp³-hybridized carbons (Fsp3) is 0.500. The number of piperazine rings is 1. The van der Waals surface area contributed by atoms with E-state index in [9.17, 15) is 9.90 Å².